The number of nitrogens with one attached hydrogen (secondary N) is 1. The second kappa shape index (κ2) is 6.36. The molecule has 5 nitrogen and oxygen atoms in total. The summed E-state index contributed by atoms with van der Waals surface area (Å²) in [6.07, 6.45) is 2.90. The molecule has 104 valence electrons. The highest BCUT2D eigenvalue weighted by molar-refractivity contribution is 6.34. The molecule has 20 heavy (non-hydrogen) atoms. The van der Waals surface area contributed by atoms with Gasteiger partial charge in [-0.05, 0) is 24.3 Å². The number of aliphatic hydroxyl groups is 1. The van der Waals surface area contributed by atoms with Crippen molar-refractivity contribution in [1.29, 1.82) is 0 Å². The van der Waals surface area contributed by atoms with Crippen LogP contribution in [0.15, 0.2) is 36.7 Å². The molecule has 0 aliphatic rings. The van der Waals surface area contributed by atoms with E-state index < -0.39 is 0 Å². The van der Waals surface area contributed by atoms with Gasteiger partial charge in [0.05, 0.1) is 24.3 Å². The monoisotopic (exact) mass is 292 g/mol. The molecule has 2 N–H and O–H groups in total. The molecule has 0 aliphatic carbocycles. The lowest BCUT2D eigenvalue weighted by atomic mass is 10.1. The van der Waals surface area contributed by atoms with Crippen molar-refractivity contribution in [1.82, 2.24) is 4.98 Å². The van der Waals surface area contributed by atoms with Crippen molar-refractivity contribution in [3.63, 3.8) is 0 Å². The van der Waals surface area contributed by atoms with Crippen LogP contribution in [0.1, 0.15) is 15.9 Å². The largest absolute Gasteiger partial charge is 0.496 e. The Balaban J connectivity index is 2.22. The summed E-state index contributed by atoms with van der Waals surface area (Å²) in [6, 6.07) is 6.54. The number of carbonyl (C=O) groups is 1. The number of halogens is 1. The minimum atomic E-state index is -0.341. The van der Waals surface area contributed by atoms with Crippen LogP contribution in [0.4, 0.5) is 5.69 Å². The Morgan fingerprint density at radius 2 is 2.25 bits per heavy atom. The maximum Gasteiger partial charge on any atom is 0.257 e. The number of anilines is 1. The topological polar surface area (TPSA) is 71.5 Å². The van der Waals surface area contributed by atoms with E-state index in [2.05, 4.69) is 10.3 Å². The maximum absolute atomic E-state index is 12.1. The molecule has 0 bridgehead atoms. The average molecular weight is 293 g/mol. The zero-order chi connectivity index (χ0) is 14.5. The van der Waals surface area contributed by atoms with Crippen LogP contribution >= 0.6 is 11.6 Å². The Morgan fingerprint density at radius 3 is 2.90 bits per heavy atom. The summed E-state index contributed by atoms with van der Waals surface area (Å²) >= 11 is 5.91. The van der Waals surface area contributed by atoms with Crippen LogP contribution in [0.5, 0.6) is 5.75 Å². The second-order valence-corrected chi connectivity index (χ2v) is 4.40. The van der Waals surface area contributed by atoms with Gasteiger partial charge in [-0.3, -0.25) is 9.78 Å². The summed E-state index contributed by atoms with van der Waals surface area (Å²) in [5, 5.41) is 12.2. The summed E-state index contributed by atoms with van der Waals surface area (Å²) in [4.78, 5) is 15.9. The number of amides is 1. The van der Waals surface area contributed by atoms with Crippen molar-refractivity contribution in [3.8, 4) is 5.75 Å². The SMILES string of the molecule is COc1ccc(NC(=O)c2ccncc2Cl)cc1CO. The summed E-state index contributed by atoms with van der Waals surface area (Å²) in [7, 11) is 1.52. The number of benzene rings is 1. The molecule has 1 aromatic heterocycles. The van der Waals surface area contributed by atoms with Crippen LogP contribution in [0.3, 0.4) is 0 Å². The standard InChI is InChI=1S/C14H13ClN2O3/c1-20-13-3-2-10(6-9(13)8-18)17-14(19)11-4-5-16-7-12(11)15/h2-7,18H,8H2,1H3,(H,17,19). The number of hydrogen-bond acceptors (Lipinski definition) is 4. The van der Waals surface area contributed by atoms with Crippen molar-refractivity contribution in [3.05, 3.63) is 52.8 Å². The van der Waals surface area contributed by atoms with Crippen molar-refractivity contribution in [2.45, 2.75) is 6.61 Å². The van der Waals surface area contributed by atoms with E-state index >= 15 is 0 Å². The van der Waals surface area contributed by atoms with E-state index in [1.165, 1.54) is 25.6 Å². The quantitative estimate of drug-likeness (QED) is 0.908. The maximum atomic E-state index is 12.1. The van der Waals surface area contributed by atoms with Crippen molar-refractivity contribution >= 4 is 23.2 Å². The molecule has 2 rings (SSSR count). The molecule has 0 fully saturated rings. The van der Waals surface area contributed by atoms with Gasteiger partial charge in [0.15, 0.2) is 0 Å². The highest BCUT2D eigenvalue weighted by Gasteiger charge is 2.11. The molecule has 0 spiro atoms. The van der Waals surface area contributed by atoms with E-state index in [0.717, 1.165) is 0 Å². The van der Waals surface area contributed by atoms with E-state index in [1.54, 1.807) is 18.2 Å². The fraction of sp³-hybridized carbons (Fsp3) is 0.143. The number of pyridine rings is 1. The third-order valence-electron chi connectivity index (χ3n) is 2.73. The molecule has 0 radical (unpaired) electrons. The van der Waals surface area contributed by atoms with Crippen LogP contribution in [-0.2, 0) is 6.61 Å². The van der Waals surface area contributed by atoms with Crippen LogP contribution in [0, 0.1) is 0 Å². The van der Waals surface area contributed by atoms with Gasteiger partial charge in [-0.1, -0.05) is 11.6 Å². The van der Waals surface area contributed by atoms with E-state index in [4.69, 9.17) is 16.3 Å². The Morgan fingerprint density at radius 1 is 1.45 bits per heavy atom. The van der Waals surface area contributed by atoms with E-state index in [9.17, 15) is 9.90 Å². The molecule has 0 aliphatic heterocycles. The number of nitrogens with zero attached hydrogens (tertiary/aromatic N) is 1. The lowest BCUT2D eigenvalue weighted by molar-refractivity contribution is 0.102. The first kappa shape index (κ1) is 14.3. The Labute approximate surface area is 121 Å². The summed E-state index contributed by atoms with van der Waals surface area (Å²) in [5.74, 6) is 0.221. The Hall–Kier alpha value is -2.11. The molecule has 6 heteroatoms. The number of rotatable bonds is 4. The molecule has 0 saturated carbocycles. The minimum Gasteiger partial charge on any atom is -0.496 e. The van der Waals surface area contributed by atoms with Crippen molar-refractivity contribution in [2.75, 3.05) is 12.4 Å². The molecule has 0 unspecified atom stereocenters. The molecule has 1 heterocycles. The smallest absolute Gasteiger partial charge is 0.257 e. The summed E-state index contributed by atoms with van der Waals surface area (Å²) in [6.45, 7) is -0.178. The summed E-state index contributed by atoms with van der Waals surface area (Å²) < 4.78 is 5.10. The number of carbonyl (C=O) groups excluding carboxylic acids is 1. The van der Waals surface area contributed by atoms with Gasteiger partial charge in [0.25, 0.3) is 5.91 Å². The zero-order valence-electron chi connectivity index (χ0n) is 10.8. The number of methoxy groups -OCH3 is 1. The third kappa shape index (κ3) is 3.07. The fourth-order valence-corrected chi connectivity index (χ4v) is 1.94. The Bertz CT molecular complexity index is 632. The molecular weight excluding hydrogens is 280 g/mol. The minimum absolute atomic E-state index is 0.178. The third-order valence-corrected chi connectivity index (χ3v) is 3.03. The van der Waals surface area contributed by atoms with Crippen LogP contribution in [-0.4, -0.2) is 23.1 Å². The van der Waals surface area contributed by atoms with Crippen LogP contribution in [0.25, 0.3) is 0 Å². The molecular formula is C14H13ClN2O3. The lowest BCUT2D eigenvalue weighted by Gasteiger charge is -2.10. The zero-order valence-corrected chi connectivity index (χ0v) is 11.5. The highest BCUT2D eigenvalue weighted by atomic mass is 35.5. The van der Waals surface area contributed by atoms with Crippen molar-refractivity contribution < 1.29 is 14.6 Å². The fourth-order valence-electron chi connectivity index (χ4n) is 1.74. The van der Waals surface area contributed by atoms with Gasteiger partial charge < -0.3 is 15.2 Å². The van der Waals surface area contributed by atoms with Gasteiger partial charge in [-0.25, -0.2) is 0 Å². The predicted molar refractivity (Wildman–Crippen MR) is 76.1 cm³/mol. The van der Waals surface area contributed by atoms with Gasteiger partial charge in [0, 0.05) is 23.6 Å². The van der Waals surface area contributed by atoms with Gasteiger partial charge in [0.2, 0.25) is 0 Å². The van der Waals surface area contributed by atoms with Crippen LogP contribution in [0.2, 0.25) is 5.02 Å². The van der Waals surface area contributed by atoms with Crippen LogP contribution < -0.4 is 10.1 Å². The van der Waals surface area contributed by atoms with Gasteiger partial charge in [-0.15, -0.1) is 0 Å². The molecule has 0 atom stereocenters. The number of aliphatic hydroxyl groups excluding tert-OH is 1. The first-order valence-electron chi connectivity index (χ1n) is 5.84. The first-order valence-corrected chi connectivity index (χ1v) is 6.22. The number of ether oxygens (including phenoxy) is 1. The van der Waals surface area contributed by atoms with E-state index in [0.29, 0.717) is 22.6 Å². The predicted octanol–water partition coefficient (Wildman–Crippen LogP) is 2.49. The molecule has 0 saturated heterocycles. The second-order valence-electron chi connectivity index (χ2n) is 3.99. The normalized spacial score (nSPS) is 10.2. The molecule has 1 amide bonds. The van der Waals surface area contributed by atoms with E-state index in [-0.39, 0.29) is 17.5 Å². The highest BCUT2D eigenvalue weighted by Crippen LogP contribution is 2.23. The average Bonchev–Trinajstić information content (AvgIpc) is 2.47. The number of aromatic nitrogens is 1. The Kier molecular flexibility index (Phi) is 4.55. The summed E-state index contributed by atoms with van der Waals surface area (Å²) in [5.41, 5.74) is 1.47. The first-order chi connectivity index (χ1) is 9.65. The number of hydrogen-bond donors (Lipinski definition) is 2. The molecule has 1 aromatic carbocycles. The van der Waals surface area contributed by atoms with E-state index in [1.807, 2.05) is 0 Å². The molecule has 2 aromatic rings. The van der Waals surface area contributed by atoms with Gasteiger partial charge in [0.1, 0.15) is 5.75 Å². The van der Waals surface area contributed by atoms with Gasteiger partial charge in [-0.2, -0.15) is 0 Å². The lowest BCUT2D eigenvalue weighted by Crippen LogP contribution is -2.12. The van der Waals surface area contributed by atoms with Crippen molar-refractivity contribution in [2.24, 2.45) is 0 Å². The van der Waals surface area contributed by atoms with Gasteiger partial charge >= 0.3 is 0 Å².